The van der Waals surface area contributed by atoms with Crippen LogP contribution in [0.1, 0.15) is 123 Å². The van der Waals surface area contributed by atoms with Gasteiger partial charge in [0.05, 0.1) is 46.6 Å². The fraction of sp³-hybridized carbons (Fsp3) is 0.412. The third-order valence-electron chi connectivity index (χ3n) is 17.4. The molecule has 5 aromatic carbocycles. The number of nitrogens with zero attached hydrogens (tertiary/aromatic N) is 3. The maximum atomic E-state index is 15.8. The molecule has 20 heteroatoms. The minimum Gasteiger partial charge on any atom is -0.449 e. The van der Waals surface area contributed by atoms with Gasteiger partial charge in [-0.05, 0) is 114 Å². The predicted octanol–water partition coefficient (Wildman–Crippen LogP) is 8.25. The van der Waals surface area contributed by atoms with Crippen molar-refractivity contribution in [3.63, 3.8) is 0 Å². The summed E-state index contributed by atoms with van der Waals surface area (Å²) in [5, 5.41) is 22.4. The fourth-order valence-corrected chi connectivity index (χ4v) is 13.4. The number of halogens is 1. The summed E-state index contributed by atoms with van der Waals surface area (Å²) in [7, 11) is 0. The molecule has 0 spiro atoms. The lowest BCUT2D eigenvalue weighted by molar-refractivity contribution is -0.144. The number of benzene rings is 5. The highest BCUT2D eigenvalue weighted by Crippen LogP contribution is 2.45. The molecular weight excluding hydrogens is 1140 g/mol. The van der Waals surface area contributed by atoms with E-state index < -0.39 is 89.3 Å². The smallest absolute Gasteiger partial charge is 0.407 e. The number of aryl methyl sites for hydroxylation is 3. The van der Waals surface area contributed by atoms with Crippen molar-refractivity contribution in [2.75, 3.05) is 18.1 Å². The van der Waals surface area contributed by atoms with Crippen molar-refractivity contribution < 1.29 is 52.5 Å². The van der Waals surface area contributed by atoms with Crippen LogP contribution in [0.2, 0.25) is 0 Å². The highest BCUT2D eigenvalue weighted by molar-refractivity contribution is 7.13. The lowest BCUT2D eigenvalue weighted by atomic mass is 9.85. The van der Waals surface area contributed by atoms with E-state index in [9.17, 15) is 38.7 Å². The first-order valence-electron chi connectivity index (χ1n) is 30.3. The standard InChI is InChI=1S/C68H77FN8O10S/c1-39-61(88-38-72-39)44-24-22-42(23-25-44)34-71-63(81)56-33-47(78)35-76(56)66(84)62(68(3,4)5)75-59(80)20-11-6-13-41-21-26-46(53(69)31-41)36-86-40(2)54(29-30-58(70)79)73-64(82)57-32-45-15-12-14-43-27-28-55(65(83)77(57)60(43)45)74-67(85)87-37-52-50-18-9-7-16-48(50)49-17-8-10-19-51(49)52/h7-10,12,14-19,21-26,31,38,40,47,52,54-57,62,78H,6,11,13,20,27-30,32-37H2,1-5H3,(H2,70,79)(H,71,81)(H,73,82)(H,74,85)(H,75,80)/t40-,47-,54+,55+,56+,57+,62-/m1/s1. The summed E-state index contributed by atoms with van der Waals surface area (Å²) in [6.07, 6.45) is 0.178. The summed E-state index contributed by atoms with van der Waals surface area (Å²) in [5.41, 5.74) is 17.1. The number of fused-ring (bicyclic) bond motifs is 3. The number of rotatable bonds is 23. The van der Waals surface area contributed by atoms with Crippen LogP contribution in [0, 0.1) is 18.2 Å². The second-order valence-corrected chi connectivity index (χ2v) is 25.5. The summed E-state index contributed by atoms with van der Waals surface area (Å²) < 4.78 is 27.8. The van der Waals surface area contributed by atoms with Gasteiger partial charge < -0.3 is 46.5 Å². The first kappa shape index (κ1) is 62.7. The molecule has 1 aromatic heterocycles. The van der Waals surface area contributed by atoms with Gasteiger partial charge in [0.25, 0.3) is 0 Å². The molecular formula is C68H77FN8O10S. The van der Waals surface area contributed by atoms with E-state index in [4.69, 9.17) is 15.2 Å². The van der Waals surface area contributed by atoms with Gasteiger partial charge in [-0.3, -0.25) is 33.7 Å². The number of nitrogens with one attached hydrogen (secondary N) is 4. The lowest BCUT2D eigenvalue weighted by Gasteiger charge is -2.35. The summed E-state index contributed by atoms with van der Waals surface area (Å²) in [4.78, 5) is 104. The number of unbranched alkanes of at least 4 members (excludes halogenated alkanes) is 1. The van der Waals surface area contributed by atoms with E-state index in [1.54, 1.807) is 35.9 Å². The Kier molecular flexibility index (Phi) is 19.5. The molecule has 18 nitrogen and oxygen atoms in total. The maximum absolute atomic E-state index is 15.8. The topological polar surface area (TPSA) is 252 Å². The third kappa shape index (κ3) is 14.3. The van der Waals surface area contributed by atoms with Crippen molar-refractivity contribution in [3.05, 3.63) is 165 Å². The number of anilines is 1. The molecule has 1 saturated heterocycles. The van der Waals surface area contributed by atoms with E-state index in [0.29, 0.717) is 36.9 Å². The van der Waals surface area contributed by atoms with E-state index in [2.05, 4.69) is 38.4 Å². The Morgan fingerprint density at radius 1 is 0.852 bits per heavy atom. The zero-order chi connectivity index (χ0) is 62.4. The van der Waals surface area contributed by atoms with Gasteiger partial charge in [0.1, 0.15) is 36.6 Å². The van der Waals surface area contributed by atoms with Crippen LogP contribution >= 0.6 is 11.3 Å². The third-order valence-corrected chi connectivity index (χ3v) is 18.4. The summed E-state index contributed by atoms with van der Waals surface area (Å²) >= 11 is 1.56. The van der Waals surface area contributed by atoms with Gasteiger partial charge in [0.2, 0.25) is 35.4 Å². The van der Waals surface area contributed by atoms with Gasteiger partial charge in [-0.15, -0.1) is 11.3 Å². The number of amides is 7. The molecule has 0 radical (unpaired) electrons. The number of carbonyl (C=O) groups excluding carboxylic acids is 7. The Morgan fingerprint density at radius 2 is 1.56 bits per heavy atom. The van der Waals surface area contributed by atoms with Gasteiger partial charge in [-0.1, -0.05) is 124 Å². The molecule has 462 valence electrons. The summed E-state index contributed by atoms with van der Waals surface area (Å²) in [5.74, 6) is -3.42. The monoisotopic (exact) mass is 1220 g/mol. The summed E-state index contributed by atoms with van der Waals surface area (Å²) in [6, 6.07) is 29.7. The number of thiazole rings is 1. The molecule has 0 unspecified atom stereocenters. The number of alkyl carbamates (subject to hydrolysis) is 1. The average molecular weight is 1220 g/mol. The van der Waals surface area contributed by atoms with Crippen molar-refractivity contribution in [1.82, 2.24) is 31.2 Å². The van der Waals surface area contributed by atoms with Crippen molar-refractivity contribution in [1.29, 1.82) is 0 Å². The lowest BCUT2D eigenvalue weighted by Crippen LogP contribution is -2.57. The SMILES string of the molecule is Cc1ncsc1-c1ccc(CNC(=O)[C@@H]2C[C@@H](O)CN2C(=O)[C@@H](NC(=O)CCCCc2ccc(CO[C@H](C)[C@H](CCC(N)=O)NC(=O)[C@@H]3Cc4cccc5c4N3C(=O)[C@@H](NC(=O)OCC3c4ccccc4-c4ccccc43)CC5)c(F)c2)C(C)(C)C)cc1. The van der Waals surface area contributed by atoms with Crippen molar-refractivity contribution in [2.45, 2.75) is 160 Å². The van der Waals surface area contributed by atoms with E-state index in [1.165, 1.54) is 15.9 Å². The number of likely N-dealkylation sites (tertiary alicyclic amines) is 1. The normalized spacial score (nSPS) is 18.7. The number of aliphatic hydroxyl groups is 1. The fourth-order valence-electron chi connectivity index (χ4n) is 12.6. The number of nitrogens with two attached hydrogens (primary N) is 1. The van der Waals surface area contributed by atoms with Crippen LogP contribution in [0.25, 0.3) is 21.6 Å². The Morgan fingerprint density at radius 3 is 2.24 bits per heavy atom. The molecule has 6 aromatic rings. The molecule has 7 atom stereocenters. The second-order valence-electron chi connectivity index (χ2n) is 24.6. The van der Waals surface area contributed by atoms with Crippen LogP contribution in [0.5, 0.6) is 0 Å². The van der Waals surface area contributed by atoms with E-state index in [1.807, 2.05) is 107 Å². The Balaban J connectivity index is 0.696. The number of β-amino-alcohol motifs (C(OH)–C–C–N with tert-alkyl or cyclic N) is 1. The molecule has 0 saturated carbocycles. The molecule has 10 rings (SSSR count). The molecule has 0 bridgehead atoms. The van der Waals surface area contributed by atoms with Crippen molar-refractivity contribution in [2.24, 2.45) is 11.1 Å². The van der Waals surface area contributed by atoms with Crippen LogP contribution in [-0.2, 0) is 70.7 Å². The molecule has 1 aliphatic carbocycles. The average Bonchev–Trinajstić information content (AvgIpc) is 3.96. The van der Waals surface area contributed by atoms with Crippen LogP contribution in [0.15, 0.2) is 115 Å². The molecule has 7 N–H and O–H groups in total. The minimum atomic E-state index is -0.994. The van der Waals surface area contributed by atoms with Gasteiger partial charge in [-0.2, -0.15) is 0 Å². The first-order chi connectivity index (χ1) is 42.2. The van der Waals surface area contributed by atoms with Gasteiger partial charge >= 0.3 is 6.09 Å². The van der Waals surface area contributed by atoms with Crippen LogP contribution in [0.4, 0.5) is 14.9 Å². The number of aliphatic hydroxyl groups excluding tert-OH is 1. The number of para-hydroxylation sites is 1. The zero-order valence-electron chi connectivity index (χ0n) is 50.3. The molecule has 1 fully saturated rings. The highest BCUT2D eigenvalue weighted by atomic mass is 32.1. The van der Waals surface area contributed by atoms with E-state index in [-0.39, 0.29) is 82.2 Å². The highest BCUT2D eigenvalue weighted by Gasteiger charge is 2.46. The molecule has 88 heavy (non-hydrogen) atoms. The zero-order valence-corrected chi connectivity index (χ0v) is 51.1. The number of hydrogen-bond donors (Lipinski definition) is 6. The Bertz CT molecular complexity index is 3540. The minimum absolute atomic E-state index is 0.0456. The van der Waals surface area contributed by atoms with Crippen LogP contribution < -0.4 is 31.9 Å². The Hall–Kier alpha value is -8.33. The molecule has 4 heterocycles. The summed E-state index contributed by atoms with van der Waals surface area (Å²) in [6.45, 7) is 9.23. The second kappa shape index (κ2) is 27.4. The predicted molar refractivity (Wildman–Crippen MR) is 332 cm³/mol. The van der Waals surface area contributed by atoms with Gasteiger partial charge in [0.15, 0.2) is 0 Å². The van der Waals surface area contributed by atoms with Crippen molar-refractivity contribution in [3.8, 4) is 21.6 Å². The van der Waals surface area contributed by atoms with E-state index in [0.717, 1.165) is 55.1 Å². The van der Waals surface area contributed by atoms with E-state index >= 15 is 4.39 Å². The largest absolute Gasteiger partial charge is 0.449 e. The van der Waals surface area contributed by atoms with Crippen LogP contribution in [0.3, 0.4) is 0 Å². The quantitative estimate of drug-likeness (QED) is 0.0333. The van der Waals surface area contributed by atoms with Crippen molar-refractivity contribution >= 4 is 58.6 Å². The molecule has 3 aliphatic heterocycles. The van der Waals surface area contributed by atoms with Gasteiger partial charge in [0, 0.05) is 50.3 Å². The number of hydrogen-bond acceptors (Lipinski definition) is 12. The number of ether oxygens (including phenoxy) is 2. The number of aromatic nitrogens is 1. The number of carbonyl (C=O) groups is 7. The molecule has 4 aliphatic rings. The number of primary amides is 1. The first-order valence-corrected chi connectivity index (χ1v) is 31.2. The maximum Gasteiger partial charge on any atom is 0.407 e. The van der Waals surface area contributed by atoms with Gasteiger partial charge in [-0.25, -0.2) is 14.2 Å². The Labute approximate surface area is 516 Å². The van der Waals surface area contributed by atoms with Crippen LogP contribution in [-0.4, -0.2) is 112 Å². The molecule has 7 amide bonds.